The van der Waals surface area contributed by atoms with E-state index in [0.29, 0.717) is 19.6 Å². The molecule has 2 aliphatic rings. The number of H-pyrrole nitrogens is 2. The summed E-state index contributed by atoms with van der Waals surface area (Å²) in [7, 11) is 3.09. The predicted octanol–water partition coefficient (Wildman–Crippen LogP) is 5.40. The van der Waals surface area contributed by atoms with Crippen LogP contribution in [0.1, 0.15) is 69.1 Å². The smallest absolute Gasteiger partial charge is 0.407 e. The zero-order valence-corrected chi connectivity index (χ0v) is 29.8. The van der Waals surface area contributed by atoms with E-state index in [1.54, 1.807) is 7.05 Å². The van der Waals surface area contributed by atoms with Crippen LogP contribution in [0.5, 0.6) is 0 Å². The van der Waals surface area contributed by atoms with Gasteiger partial charge in [0.15, 0.2) is 0 Å². The van der Waals surface area contributed by atoms with E-state index in [4.69, 9.17) is 14.7 Å². The number of aryl methyl sites for hydroxylation is 1. The van der Waals surface area contributed by atoms with Gasteiger partial charge >= 0.3 is 6.09 Å². The SMILES string of the molecule is CNCC(=O)NCCCCc1ncc(-c2ccc3cc(-c4cc5nc(C6CCCN6C(=O)C(NC(=O)OC)C6CCCC6)[nH]c5cn4)ccc3c2)[nH]1. The molecule has 272 valence electrons. The van der Waals surface area contributed by atoms with Crippen molar-refractivity contribution in [2.45, 2.75) is 69.9 Å². The van der Waals surface area contributed by atoms with Gasteiger partial charge in [0.05, 0.1) is 54.5 Å². The summed E-state index contributed by atoms with van der Waals surface area (Å²) < 4.78 is 4.87. The van der Waals surface area contributed by atoms with Gasteiger partial charge in [0.1, 0.15) is 17.7 Å². The Bertz CT molecular complexity index is 2050. The van der Waals surface area contributed by atoms with Gasteiger partial charge in [0, 0.05) is 30.6 Å². The number of ether oxygens (including phenoxy) is 1. The number of amides is 3. The lowest BCUT2D eigenvalue weighted by atomic mass is 9.96. The number of fused-ring (bicyclic) bond motifs is 2. The molecule has 0 spiro atoms. The van der Waals surface area contributed by atoms with E-state index in [1.807, 2.05) is 23.4 Å². The maximum Gasteiger partial charge on any atom is 0.407 e. The van der Waals surface area contributed by atoms with Crippen LogP contribution in [0.3, 0.4) is 0 Å². The number of pyridine rings is 1. The van der Waals surface area contributed by atoms with Gasteiger partial charge in [-0.2, -0.15) is 0 Å². The number of carbonyl (C=O) groups excluding carboxylic acids is 3. The summed E-state index contributed by atoms with van der Waals surface area (Å²) in [5.41, 5.74) is 5.46. The van der Waals surface area contributed by atoms with E-state index < -0.39 is 12.1 Å². The molecule has 2 fully saturated rings. The van der Waals surface area contributed by atoms with Crippen LogP contribution >= 0.6 is 0 Å². The molecule has 1 saturated heterocycles. The van der Waals surface area contributed by atoms with Crippen LogP contribution in [0.2, 0.25) is 0 Å². The topological polar surface area (TPSA) is 170 Å². The fourth-order valence-corrected chi connectivity index (χ4v) is 7.67. The molecule has 13 heteroatoms. The minimum atomic E-state index is -0.597. The van der Waals surface area contributed by atoms with Crippen molar-refractivity contribution in [1.82, 2.24) is 45.8 Å². The van der Waals surface area contributed by atoms with E-state index in [-0.39, 0.29) is 23.8 Å². The Kier molecular flexibility index (Phi) is 10.8. The molecule has 1 aliphatic heterocycles. The summed E-state index contributed by atoms with van der Waals surface area (Å²) in [5.74, 6) is 1.73. The molecule has 1 saturated carbocycles. The average molecular weight is 706 g/mol. The van der Waals surface area contributed by atoms with Gasteiger partial charge in [0.25, 0.3) is 0 Å². The van der Waals surface area contributed by atoms with Crippen molar-refractivity contribution < 1.29 is 19.1 Å². The van der Waals surface area contributed by atoms with Crippen LogP contribution < -0.4 is 16.0 Å². The molecule has 0 radical (unpaired) electrons. The second kappa shape index (κ2) is 15.9. The fourth-order valence-electron chi connectivity index (χ4n) is 7.67. The average Bonchev–Trinajstić information content (AvgIpc) is 4.00. The summed E-state index contributed by atoms with van der Waals surface area (Å²) >= 11 is 0. The van der Waals surface area contributed by atoms with Crippen molar-refractivity contribution in [1.29, 1.82) is 0 Å². The van der Waals surface area contributed by atoms with Gasteiger partial charge in [-0.3, -0.25) is 14.6 Å². The molecule has 2 aromatic carbocycles. The fraction of sp³-hybridized carbons (Fsp3) is 0.436. The highest BCUT2D eigenvalue weighted by atomic mass is 16.5. The molecule has 7 rings (SSSR count). The summed E-state index contributed by atoms with van der Waals surface area (Å²) in [6, 6.07) is 13.9. The molecule has 3 amide bonds. The molecule has 4 heterocycles. The quantitative estimate of drug-likeness (QED) is 0.101. The number of alkyl carbamates (subject to hydrolysis) is 1. The number of benzene rings is 2. The highest BCUT2D eigenvalue weighted by Gasteiger charge is 2.40. The van der Waals surface area contributed by atoms with Crippen molar-refractivity contribution in [2.75, 3.05) is 33.8 Å². The molecule has 13 nitrogen and oxygen atoms in total. The predicted molar refractivity (Wildman–Crippen MR) is 199 cm³/mol. The summed E-state index contributed by atoms with van der Waals surface area (Å²) in [4.78, 5) is 60.8. The van der Waals surface area contributed by atoms with Gasteiger partial charge in [-0.1, -0.05) is 37.1 Å². The lowest BCUT2D eigenvalue weighted by molar-refractivity contribution is -0.135. The maximum absolute atomic E-state index is 13.9. The second-order valence-electron chi connectivity index (χ2n) is 13.9. The molecule has 1 aliphatic carbocycles. The number of imidazole rings is 2. The lowest BCUT2D eigenvalue weighted by Crippen LogP contribution is -2.51. The first-order valence-electron chi connectivity index (χ1n) is 18.4. The summed E-state index contributed by atoms with van der Waals surface area (Å²) in [5, 5.41) is 10.8. The number of likely N-dealkylation sites (tertiary alicyclic amines) is 1. The number of rotatable bonds is 13. The zero-order chi connectivity index (χ0) is 36.0. The Morgan fingerprint density at radius 3 is 2.52 bits per heavy atom. The standard InChI is InChI=1S/C39H47N9O4/c1-40-23-35(49)41-16-6-5-11-34-43-21-31(44-34)28-15-13-25-18-27(14-12-26(25)19-28)29-20-30-32(22-42-29)46-37(45-30)33-10-7-17-48(33)38(50)36(47-39(51)52-2)24-8-3-4-9-24/h12-15,18-22,24,33,36,40H,3-11,16-17,23H2,1-2H3,(H,41,49)(H,43,44)(H,45,46)(H,47,51). The lowest BCUT2D eigenvalue weighted by Gasteiger charge is -2.31. The third-order valence-corrected chi connectivity index (χ3v) is 10.4. The highest BCUT2D eigenvalue weighted by Crippen LogP contribution is 2.36. The maximum atomic E-state index is 13.9. The number of hydrogen-bond donors (Lipinski definition) is 5. The van der Waals surface area contributed by atoms with Gasteiger partial charge < -0.3 is 35.6 Å². The number of nitrogens with zero attached hydrogens (tertiary/aromatic N) is 4. The molecular formula is C39H47N9O4. The monoisotopic (exact) mass is 705 g/mol. The number of nitrogens with one attached hydrogen (secondary N) is 5. The van der Waals surface area contributed by atoms with E-state index in [1.165, 1.54) is 7.11 Å². The number of unbranched alkanes of at least 4 members (excludes halogenated alkanes) is 1. The molecule has 5 aromatic rings. The molecule has 2 atom stereocenters. The van der Waals surface area contributed by atoms with E-state index in [2.05, 4.69) is 67.3 Å². The van der Waals surface area contributed by atoms with Gasteiger partial charge in [-0.25, -0.2) is 14.8 Å². The Hall–Kier alpha value is -5.30. The van der Waals surface area contributed by atoms with Crippen molar-refractivity contribution in [3.8, 4) is 22.5 Å². The van der Waals surface area contributed by atoms with Crippen LogP contribution in [-0.2, 0) is 20.7 Å². The number of hydrogen-bond acceptors (Lipinski definition) is 8. The second-order valence-corrected chi connectivity index (χ2v) is 13.9. The number of carbonyl (C=O) groups is 3. The molecule has 5 N–H and O–H groups in total. The van der Waals surface area contributed by atoms with Gasteiger partial charge in [-0.05, 0) is 80.5 Å². The van der Waals surface area contributed by atoms with E-state index in [0.717, 1.165) is 114 Å². The summed E-state index contributed by atoms with van der Waals surface area (Å²) in [6.45, 7) is 1.61. The third-order valence-electron chi connectivity index (χ3n) is 10.4. The van der Waals surface area contributed by atoms with E-state index in [9.17, 15) is 14.4 Å². The Labute approximate surface area is 302 Å². The Morgan fingerprint density at radius 1 is 0.942 bits per heavy atom. The van der Waals surface area contributed by atoms with Gasteiger partial charge in [0.2, 0.25) is 11.8 Å². The zero-order valence-electron chi connectivity index (χ0n) is 29.8. The van der Waals surface area contributed by atoms with Crippen LogP contribution in [0.15, 0.2) is 54.9 Å². The first kappa shape index (κ1) is 35.1. The first-order valence-corrected chi connectivity index (χ1v) is 18.4. The number of likely N-dealkylation sites (N-methyl/N-ethyl adjacent to an activating group) is 1. The van der Waals surface area contributed by atoms with Gasteiger partial charge in [-0.15, -0.1) is 0 Å². The van der Waals surface area contributed by atoms with Crippen LogP contribution in [-0.4, -0.2) is 87.6 Å². The number of aromatic nitrogens is 5. The molecule has 52 heavy (non-hydrogen) atoms. The molecular weight excluding hydrogens is 658 g/mol. The molecule has 2 unspecified atom stereocenters. The van der Waals surface area contributed by atoms with Crippen molar-refractivity contribution in [2.24, 2.45) is 5.92 Å². The van der Waals surface area contributed by atoms with Crippen LogP contribution in [0, 0.1) is 5.92 Å². The number of aromatic amines is 2. The first-order chi connectivity index (χ1) is 25.4. The normalized spacial score (nSPS) is 16.8. The van der Waals surface area contributed by atoms with E-state index >= 15 is 0 Å². The van der Waals surface area contributed by atoms with Crippen molar-refractivity contribution in [3.05, 3.63) is 66.5 Å². The Morgan fingerprint density at radius 2 is 1.73 bits per heavy atom. The van der Waals surface area contributed by atoms with Crippen molar-refractivity contribution >= 4 is 39.7 Å². The largest absolute Gasteiger partial charge is 0.453 e. The Balaban J connectivity index is 1.02. The minimum absolute atomic E-state index is 0.0120. The third kappa shape index (κ3) is 7.79. The van der Waals surface area contributed by atoms with Crippen LogP contribution in [0.4, 0.5) is 4.79 Å². The van der Waals surface area contributed by atoms with Crippen molar-refractivity contribution in [3.63, 3.8) is 0 Å². The number of methoxy groups -OCH3 is 1. The molecule has 3 aromatic heterocycles. The molecule has 0 bridgehead atoms. The highest BCUT2D eigenvalue weighted by molar-refractivity contribution is 5.91. The van der Waals surface area contributed by atoms with Crippen LogP contribution in [0.25, 0.3) is 44.3 Å². The summed E-state index contributed by atoms with van der Waals surface area (Å²) in [6.07, 6.45) is 11.4. The minimum Gasteiger partial charge on any atom is -0.453 e.